The van der Waals surface area contributed by atoms with Gasteiger partial charge >= 0.3 is 0 Å². The van der Waals surface area contributed by atoms with Gasteiger partial charge in [0.25, 0.3) is 5.91 Å². The number of nitrogens with zero attached hydrogens (tertiary/aromatic N) is 3. The van der Waals surface area contributed by atoms with Crippen LogP contribution in [-0.4, -0.2) is 27.8 Å². The molecule has 1 N–H and O–H groups in total. The molecule has 0 bridgehead atoms. The number of hydrogen-bond acceptors (Lipinski definition) is 4. The third-order valence-corrected chi connectivity index (χ3v) is 6.46. The zero-order valence-electron chi connectivity index (χ0n) is 20.2. The Morgan fingerprint density at radius 3 is 2.34 bits per heavy atom. The normalized spacial score (nSPS) is 15.0. The average Bonchev–Trinajstić information content (AvgIpc) is 2.88. The van der Waals surface area contributed by atoms with Crippen LogP contribution in [0.5, 0.6) is 0 Å². The third-order valence-electron chi connectivity index (χ3n) is 6.46. The van der Waals surface area contributed by atoms with Gasteiger partial charge in [0.05, 0.1) is 6.20 Å². The third kappa shape index (κ3) is 5.91. The molecule has 35 heavy (non-hydrogen) atoms. The van der Waals surface area contributed by atoms with E-state index in [4.69, 9.17) is 0 Å². The molecular formula is C28H31FN4O2. The lowest BCUT2D eigenvalue weighted by atomic mass is 9.94. The number of aromatic nitrogens is 2. The van der Waals surface area contributed by atoms with Gasteiger partial charge in [-0.15, -0.1) is 0 Å². The van der Waals surface area contributed by atoms with E-state index in [9.17, 15) is 14.0 Å². The number of carbonyl (C=O) groups excluding carboxylic acids is 2. The molecule has 1 atom stereocenters. The Kier molecular flexibility index (Phi) is 7.85. The van der Waals surface area contributed by atoms with Crippen molar-refractivity contribution in [3.05, 3.63) is 89.8 Å². The molecule has 1 fully saturated rings. The van der Waals surface area contributed by atoms with Gasteiger partial charge in [0, 0.05) is 24.1 Å². The number of anilines is 1. The van der Waals surface area contributed by atoms with Crippen molar-refractivity contribution in [1.29, 1.82) is 0 Å². The van der Waals surface area contributed by atoms with E-state index < -0.39 is 17.8 Å². The van der Waals surface area contributed by atoms with E-state index in [1.165, 1.54) is 41.7 Å². The molecule has 1 aliphatic carbocycles. The van der Waals surface area contributed by atoms with Crippen LogP contribution >= 0.6 is 0 Å². The van der Waals surface area contributed by atoms with Gasteiger partial charge < -0.3 is 5.32 Å². The van der Waals surface area contributed by atoms with Crippen LogP contribution in [0, 0.1) is 5.82 Å². The van der Waals surface area contributed by atoms with E-state index in [2.05, 4.69) is 29.1 Å². The lowest BCUT2D eigenvalue weighted by Crippen LogP contribution is -2.47. The number of hydrogen-bond donors (Lipinski definition) is 1. The van der Waals surface area contributed by atoms with E-state index in [0.717, 1.165) is 37.7 Å². The summed E-state index contributed by atoms with van der Waals surface area (Å²) in [7, 11) is 0. The molecule has 3 aromatic rings. The van der Waals surface area contributed by atoms with Gasteiger partial charge in [-0.2, -0.15) is 0 Å². The van der Waals surface area contributed by atoms with Gasteiger partial charge in [0.15, 0.2) is 0 Å². The molecule has 0 radical (unpaired) electrons. The van der Waals surface area contributed by atoms with Gasteiger partial charge in [0.2, 0.25) is 5.91 Å². The summed E-state index contributed by atoms with van der Waals surface area (Å²) in [6.07, 6.45) is 9.34. The maximum atomic E-state index is 14.3. The molecule has 0 aliphatic heterocycles. The predicted octanol–water partition coefficient (Wildman–Crippen LogP) is 5.58. The van der Waals surface area contributed by atoms with Gasteiger partial charge in [-0.25, -0.2) is 9.37 Å². The Hall–Kier alpha value is -3.61. The summed E-state index contributed by atoms with van der Waals surface area (Å²) < 4.78 is 14.3. The van der Waals surface area contributed by atoms with E-state index >= 15 is 0 Å². The molecule has 1 unspecified atom stereocenters. The van der Waals surface area contributed by atoms with E-state index in [-0.39, 0.29) is 23.3 Å². The van der Waals surface area contributed by atoms with Crippen molar-refractivity contribution < 1.29 is 14.0 Å². The van der Waals surface area contributed by atoms with E-state index in [0.29, 0.717) is 11.5 Å². The minimum Gasteiger partial charge on any atom is -0.351 e. The second kappa shape index (κ2) is 11.2. The summed E-state index contributed by atoms with van der Waals surface area (Å²) in [5.41, 5.74) is 2.12. The molecule has 2 aromatic carbocycles. The molecule has 1 saturated carbocycles. The van der Waals surface area contributed by atoms with Crippen LogP contribution in [-0.2, 0) is 4.79 Å². The fourth-order valence-electron chi connectivity index (χ4n) is 4.55. The van der Waals surface area contributed by atoms with Crippen LogP contribution in [0.4, 0.5) is 10.1 Å². The van der Waals surface area contributed by atoms with Crippen LogP contribution in [0.3, 0.4) is 0 Å². The van der Waals surface area contributed by atoms with E-state index in [1.807, 2.05) is 24.3 Å². The lowest BCUT2D eigenvalue weighted by Gasteiger charge is -2.33. The Morgan fingerprint density at radius 1 is 1.00 bits per heavy atom. The predicted molar refractivity (Wildman–Crippen MR) is 134 cm³/mol. The van der Waals surface area contributed by atoms with Crippen molar-refractivity contribution in [3.63, 3.8) is 0 Å². The van der Waals surface area contributed by atoms with Crippen LogP contribution in [0.15, 0.2) is 67.1 Å². The first-order valence-electron chi connectivity index (χ1n) is 12.2. The van der Waals surface area contributed by atoms with Crippen LogP contribution in [0.25, 0.3) is 0 Å². The quantitative estimate of drug-likeness (QED) is 0.485. The number of benzene rings is 2. The van der Waals surface area contributed by atoms with Crippen molar-refractivity contribution in [1.82, 2.24) is 15.3 Å². The second-order valence-corrected chi connectivity index (χ2v) is 9.31. The fraction of sp³-hybridized carbons (Fsp3) is 0.357. The molecule has 182 valence electrons. The Balaban J connectivity index is 1.80. The highest BCUT2D eigenvalue weighted by molar-refractivity contribution is 6.09. The van der Waals surface area contributed by atoms with Crippen LogP contribution in [0.2, 0.25) is 0 Å². The molecule has 4 rings (SSSR count). The Bertz CT molecular complexity index is 1150. The Labute approximate surface area is 205 Å². The van der Waals surface area contributed by atoms with Crippen LogP contribution in [0.1, 0.15) is 79.5 Å². The van der Waals surface area contributed by atoms with Crippen molar-refractivity contribution in [2.45, 2.75) is 64.0 Å². The number of rotatable bonds is 7. The zero-order chi connectivity index (χ0) is 24.8. The first kappa shape index (κ1) is 24.5. The van der Waals surface area contributed by atoms with Gasteiger partial charge in [-0.1, -0.05) is 63.4 Å². The Morgan fingerprint density at radius 2 is 1.71 bits per heavy atom. The molecule has 0 saturated heterocycles. The second-order valence-electron chi connectivity index (χ2n) is 9.31. The first-order valence-corrected chi connectivity index (χ1v) is 12.2. The van der Waals surface area contributed by atoms with Crippen molar-refractivity contribution in [2.24, 2.45) is 0 Å². The summed E-state index contributed by atoms with van der Waals surface area (Å²) in [5, 5.41) is 3.16. The molecular weight excluding hydrogens is 443 g/mol. The summed E-state index contributed by atoms with van der Waals surface area (Å²) in [4.78, 5) is 37.1. The van der Waals surface area contributed by atoms with Crippen molar-refractivity contribution in [3.8, 4) is 0 Å². The monoisotopic (exact) mass is 474 g/mol. The summed E-state index contributed by atoms with van der Waals surface area (Å²) in [5.74, 6) is -1.00. The van der Waals surface area contributed by atoms with Gasteiger partial charge in [-0.05, 0) is 48.1 Å². The SMILES string of the molecule is CC(C)c1ccc(C(C(=O)NC2CCCCC2)N(C(=O)c2cnccn2)c2cccc(F)c2)cc1. The summed E-state index contributed by atoms with van der Waals surface area (Å²) in [6, 6.07) is 12.5. The van der Waals surface area contributed by atoms with Gasteiger partial charge in [-0.3, -0.25) is 19.5 Å². The van der Waals surface area contributed by atoms with Crippen LogP contribution < -0.4 is 10.2 Å². The summed E-state index contributed by atoms with van der Waals surface area (Å²) >= 11 is 0. The first-order chi connectivity index (χ1) is 16.9. The number of amides is 2. The highest BCUT2D eigenvalue weighted by Crippen LogP contribution is 2.31. The number of carbonyl (C=O) groups is 2. The maximum Gasteiger partial charge on any atom is 0.279 e. The van der Waals surface area contributed by atoms with Crippen molar-refractivity contribution in [2.75, 3.05) is 4.90 Å². The standard InChI is InChI=1S/C28H31FN4O2/c1-19(2)20-11-13-21(14-12-20)26(27(34)32-23-8-4-3-5-9-23)33(24-10-6-7-22(29)17-24)28(35)25-18-30-15-16-31-25/h6-7,10-19,23,26H,3-5,8-9H2,1-2H3,(H,32,34). The number of nitrogens with one attached hydrogen (secondary N) is 1. The number of halogens is 1. The fourth-order valence-corrected chi connectivity index (χ4v) is 4.55. The largest absolute Gasteiger partial charge is 0.351 e. The average molecular weight is 475 g/mol. The topological polar surface area (TPSA) is 75.2 Å². The molecule has 2 amide bonds. The zero-order valence-corrected chi connectivity index (χ0v) is 20.2. The highest BCUT2D eigenvalue weighted by Gasteiger charge is 2.35. The van der Waals surface area contributed by atoms with Crippen molar-refractivity contribution >= 4 is 17.5 Å². The highest BCUT2D eigenvalue weighted by atomic mass is 19.1. The minimum atomic E-state index is -1.01. The molecule has 1 aromatic heterocycles. The maximum absolute atomic E-state index is 14.3. The molecule has 6 nitrogen and oxygen atoms in total. The molecule has 0 spiro atoms. The van der Waals surface area contributed by atoms with Gasteiger partial charge in [0.1, 0.15) is 17.6 Å². The lowest BCUT2D eigenvalue weighted by molar-refractivity contribution is -0.123. The smallest absolute Gasteiger partial charge is 0.279 e. The minimum absolute atomic E-state index is 0.0506. The van der Waals surface area contributed by atoms with E-state index in [1.54, 1.807) is 6.07 Å². The summed E-state index contributed by atoms with van der Waals surface area (Å²) in [6.45, 7) is 4.19. The molecule has 7 heteroatoms. The molecule has 1 heterocycles. The molecule has 1 aliphatic rings.